The second kappa shape index (κ2) is 7.80. The molecule has 30 heavy (non-hydrogen) atoms. The van der Waals surface area contributed by atoms with Crippen LogP contribution in [0, 0.1) is 0 Å². The van der Waals surface area contributed by atoms with Crippen molar-refractivity contribution < 1.29 is 14.6 Å². The number of rotatable bonds is 3. The minimum atomic E-state index is -0.874. The highest BCUT2D eigenvalue weighted by Crippen LogP contribution is 2.45. The highest BCUT2D eigenvalue weighted by atomic mass is 16.5. The highest BCUT2D eigenvalue weighted by Gasteiger charge is 2.28. The van der Waals surface area contributed by atoms with E-state index in [4.69, 9.17) is 4.74 Å². The van der Waals surface area contributed by atoms with E-state index in [9.17, 15) is 9.90 Å². The van der Waals surface area contributed by atoms with Gasteiger partial charge in [0.25, 0.3) is 0 Å². The van der Waals surface area contributed by atoms with Crippen molar-refractivity contribution in [1.29, 1.82) is 0 Å². The average molecular weight is 405 g/mol. The van der Waals surface area contributed by atoms with Gasteiger partial charge in [0.2, 0.25) is 0 Å². The number of fused-ring (bicyclic) bond motifs is 5. The summed E-state index contributed by atoms with van der Waals surface area (Å²) in [5.74, 6) is 0.516. The van der Waals surface area contributed by atoms with E-state index in [-0.39, 0.29) is 0 Å². The quantitative estimate of drug-likeness (QED) is 0.632. The van der Waals surface area contributed by atoms with Gasteiger partial charge in [-0.05, 0) is 60.2 Å². The molecule has 156 valence electrons. The van der Waals surface area contributed by atoms with Crippen LogP contribution in [0.4, 0.5) is 0 Å². The number of benzene rings is 2. The molecule has 2 N–H and O–H groups in total. The molecule has 2 heterocycles. The maximum Gasteiger partial charge on any atom is 0.335 e. The second-order valence-corrected chi connectivity index (χ2v) is 8.49. The largest absolute Gasteiger partial charge is 0.497 e. The predicted molar refractivity (Wildman–Crippen MR) is 118 cm³/mol. The number of methoxy groups -OCH3 is 1. The minimum absolute atomic E-state index is 0.350. The Balaban J connectivity index is 1.82. The molecule has 1 fully saturated rings. The zero-order valence-corrected chi connectivity index (χ0v) is 17.4. The summed E-state index contributed by atoms with van der Waals surface area (Å²) in [7, 11) is 1.70. The Bertz CT molecular complexity index is 1110. The fourth-order valence-corrected chi connectivity index (χ4v) is 5.32. The van der Waals surface area contributed by atoms with Crippen LogP contribution in [0.1, 0.15) is 59.5 Å². The summed E-state index contributed by atoms with van der Waals surface area (Å²) in [6, 6.07) is 12.0. The molecule has 0 saturated heterocycles. The average Bonchev–Trinajstić information content (AvgIpc) is 3.08. The number of aromatic nitrogens is 1. The number of nitrogens with zero attached hydrogens (tertiary/aromatic N) is 1. The standard InChI is InChI=1S/C25H28N2O3/c1-30-19-8-10-20-18(13-19)15-26-11-12-27-22-14-17(25(28)29)7-9-21(22)23(24(20)27)16-5-3-2-4-6-16/h7-10,13-14,16,26H,2-6,11-12,15H2,1H3,(H,28,29). The molecule has 2 aromatic carbocycles. The molecule has 0 amide bonds. The van der Waals surface area contributed by atoms with Crippen LogP contribution in [0.3, 0.4) is 0 Å². The van der Waals surface area contributed by atoms with E-state index >= 15 is 0 Å². The number of hydrogen-bond acceptors (Lipinski definition) is 3. The molecule has 1 aliphatic heterocycles. The lowest BCUT2D eigenvalue weighted by Gasteiger charge is -2.26. The molecule has 0 spiro atoms. The molecule has 1 aliphatic carbocycles. The van der Waals surface area contributed by atoms with Crippen molar-refractivity contribution in [2.24, 2.45) is 0 Å². The molecule has 0 unspecified atom stereocenters. The Morgan fingerprint density at radius 3 is 2.73 bits per heavy atom. The fourth-order valence-electron chi connectivity index (χ4n) is 5.32. The Hall–Kier alpha value is -2.79. The molecular weight excluding hydrogens is 376 g/mol. The van der Waals surface area contributed by atoms with E-state index in [2.05, 4.69) is 22.0 Å². The molecule has 3 aromatic rings. The summed E-state index contributed by atoms with van der Waals surface area (Å²) < 4.78 is 7.84. The lowest BCUT2D eigenvalue weighted by atomic mass is 9.81. The third kappa shape index (κ3) is 3.18. The van der Waals surface area contributed by atoms with Gasteiger partial charge in [-0.2, -0.15) is 0 Å². The Morgan fingerprint density at radius 2 is 1.97 bits per heavy atom. The molecule has 1 saturated carbocycles. The smallest absolute Gasteiger partial charge is 0.335 e. The van der Waals surface area contributed by atoms with Gasteiger partial charge in [-0.15, -0.1) is 0 Å². The van der Waals surface area contributed by atoms with Crippen molar-refractivity contribution in [2.75, 3.05) is 13.7 Å². The molecule has 0 bridgehead atoms. The molecule has 5 nitrogen and oxygen atoms in total. The van der Waals surface area contributed by atoms with Crippen molar-refractivity contribution in [2.45, 2.75) is 51.1 Å². The predicted octanol–water partition coefficient (Wildman–Crippen LogP) is 5.17. The molecule has 0 radical (unpaired) electrons. The van der Waals surface area contributed by atoms with Gasteiger partial charge in [-0.1, -0.05) is 25.3 Å². The highest BCUT2D eigenvalue weighted by molar-refractivity contribution is 5.98. The van der Waals surface area contributed by atoms with Gasteiger partial charge in [-0.3, -0.25) is 0 Å². The molecule has 0 atom stereocenters. The van der Waals surface area contributed by atoms with Crippen LogP contribution in [0.5, 0.6) is 5.75 Å². The maximum atomic E-state index is 11.7. The SMILES string of the molecule is COc1ccc2c(c1)CNCCn1c-2c(C2CCCCC2)c2ccc(C(=O)O)cc21. The van der Waals surface area contributed by atoms with E-state index in [1.54, 1.807) is 13.2 Å². The van der Waals surface area contributed by atoms with Gasteiger partial charge >= 0.3 is 5.97 Å². The summed E-state index contributed by atoms with van der Waals surface area (Å²) in [5.41, 5.74) is 6.54. The first-order valence-electron chi connectivity index (χ1n) is 10.9. The number of carbonyl (C=O) groups is 1. The first kappa shape index (κ1) is 19.2. The number of hydrogen-bond donors (Lipinski definition) is 2. The van der Waals surface area contributed by atoms with Gasteiger partial charge in [0, 0.05) is 36.1 Å². The molecule has 5 rings (SSSR count). The van der Waals surface area contributed by atoms with Gasteiger partial charge < -0.3 is 19.7 Å². The lowest BCUT2D eigenvalue weighted by molar-refractivity contribution is 0.0697. The lowest BCUT2D eigenvalue weighted by Crippen LogP contribution is -2.23. The summed E-state index contributed by atoms with van der Waals surface area (Å²) in [6.45, 7) is 2.47. The van der Waals surface area contributed by atoms with Crippen molar-refractivity contribution in [3.05, 3.63) is 53.1 Å². The molecule has 5 heteroatoms. The van der Waals surface area contributed by atoms with Crippen LogP contribution in [-0.4, -0.2) is 29.3 Å². The number of carboxylic acids is 1. The van der Waals surface area contributed by atoms with Crippen LogP contribution in [0.25, 0.3) is 22.2 Å². The third-order valence-electron chi connectivity index (χ3n) is 6.76. The molecule has 2 aliphatic rings. The zero-order valence-electron chi connectivity index (χ0n) is 17.4. The molecule has 1 aromatic heterocycles. The normalized spacial score (nSPS) is 17.1. The van der Waals surface area contributed by atoms with Crippen LogP contribution in [-0.2, 0) is 13.1 Å². The van der Waals surface area contributed by atoms with Gasteiger partial charge in [0.05, 0.1) is 18.4 Å². The van der Waals surface area contributed by atoms with Gasteiger partial charge in [0.1, 0.15) is 5.75 Å². The summed E-state index contributed by atoms with van der Waals surface area (Å²) in [5, 5.41) is 14.3. The van der Waals surface area contributed by atoms with Crippen molar-refractivity contribution in [1.82, 2.24) is 9.88 Å². The first-order chi connectivity index (χ1) is 14.7. The maximum absolute atomic E-state index is 11.7. The van der Waals surface area contributed by atoms with Crippen molar-refractivity contribution in [3.8, 4) is 17.0 Å². The summed E-state index contributed by atoms with van der Waals surface area (Å²) in [4.78, 5) is 11.7. The van der Waals surface area contributed by atoms with Gasteiger partial charge in [0.15, 0.2) is 0 Å². The van der Waals surface area contributed by atoms with Crippen molar-refractivity contribution in [3.63, 3.8) is 0 Å². The Labute approximate surface area is 176 Å². The summed E-state index contributed by atoms with van der Waals surface area (Å²) in [6.07, 6.45) is 6.25. The number of carboxylic acid groups (broad SMARTS) is 1. The monoisotopic (exact) mass is 404 g/mol. The fraction of sp³-hybridized carbons (Fsp3) is 0.400. The van der Waals surface area contributed by atoms with Crippen LogP contribution >= 0.6 is 0 Å². The van der Waals surface area contributed by atoms with E-state index in [1.165, 1.54) is 59.9 Å². The van der Waals surface area contributed by atoms with Crippen molar-refractivity contribution >= 4 is 16.9 Å². The Morgan fingerprint density at radius 1 is 1.13 bits per heavy atom. The summed E-state index contributed by atoms with van der Waals surface area (Å²) >= 11 is 0. The second-order valence-electron chi connectivity index (χ2n) is 8.49. The van der Waals surface area contributed by atoms with E-state index < -0.39 is 5.97 Å². The number of nitrogens with one attached hydrogen (secondary N) is 1. The van der Waals surface area contributed by atoms with E-state index in [0.717, 1.165) is 30.9 Å². The Kier molecular flexibility index (Phi) is 4.99. The van der Waals surface area contributed by atoms with Crippen LogP contribution in [0.2, 0.25) is 0 Å². The minimum Gasteiger partial charge on any atom is -0.497 e. The van der Waals surface area contributed by atoms with Crippen LogP contribution in [0.15, 0.2) is 36.4 Å². The topological polar surface area (TPSA) is 63.5 Å². The van der Waals surface area contributed by atoms with E-state index in [0.29, 0.717) is 11.5 Å². The van der Waals surface area contributed by atoms with E-state index in [1.807, 2.05) is 18.2 Å². The first-order valence-corrected chi connectivity index (χ1v) is 10.9. The number of aromatic carboxylic acids is 1. The third-order valence-corrected chi connectivity index (χ3v) is 6.76. The van der Waals surface area contributed by atoms with Crippen LogP contribution < -0.4 is 10.1 Å². The number of ether oxygens (including phenoxy) is 1. The molecular formula is C25H28N2O3. The zero-order chi connectivity index (χ0) is 20.7. The van der Waals surface area contributed by atoms with Gasteiger partial charge in [-0.25, -0.2) is 4.79 Å².